The minimum atomic E-state index is -1.35. The van der Waals surface area contributed by atoms with Crippen LogP contribution in [0.1, 0.15) is 31.3 Å². The summed E-state index contributed by atoms with van der Waals surface area (Å²) in [6, 6.07) is 5.88. The number of benzene rings is 1. The van der Waals surface area contributed by atoms with Gasteiger partial charge in [0.05, 0.1) is 19.8 Å². The Morgan fingerprint density at radius 2 is 1.52 bits per heavy atom. The molecule has 0 aliphatic rings. The predicted molar refractivity (Wildman–Crippen MR) is 90.9 cm³/mol. The highest BCUT2D eigenvalue weighted by Gasteiger charge is 2.23. The normalized spacial score (nSPS) is 10.4. The molecule has 7 heteroatoms. The van der Waals surface area contributed by atoms with Crippen LogP contribution in [0.25, 0.3) is 11.1 Å². The maximum absolute atomic E-state index is 11.5. The van der Waals surface area contributed by atoms with E-state index in [2.05, 4.69) is 0 Å². The molecule has 134 valence electrons. The van der Waals surface area contributed by atoms with Gasteiger partial charge in [0.1, 0.15) is 0 Å². The van der Waals surface area contributed by atoms with Crippen molar-refractivity contribution in [3.05, 3.63) is 40.4 Å². The van der Waals surface area contributed by atoms with E-state index in [4.69, 9.17) is 18.6 Å². The highest BCUT2D eigenvalue weighted by molar-refractivity contribution is 5.94. The third kappa shape index (κ3) is 3.93. The average Bonchev–Trinajstić information content (AvgIpc) is 2.58. The highest BCUT2D eigenvalue weighted by atomic mass is 16.5. The summed E-state index contributed by atoms with van der Waals surface area (Å²) in [5, 5.41) is 9.35. The SMILES string of the molecule is CCOc1ccc(-c2ccc(=O)oc2C(=O)O)c(OCC)c1OCC. The van der Waals surface area contributed by atoms with Crippen LogP contribution in [-0.4, -0.2) is 30.9 Å². The van der Waals surface area contributed by atoms with Crippen molar-refractivity contribution in [3.8, 4) is 28.4 Å². The highest BCUT2D eigenvalue weighted by Crippen LogP contribution is 2.45. The zero-order chi connectivity index (χ0) is 18.4. The number of carboxylic acid groups (broad SMARTS) is 1. The Morgan fingerprint density at radius 3 is 2.12 bits per heavy atom. The zero-order valence-electron chi connectivity index (χ0n) is 14.3. The van der Waals surface area contributed by atoms with Crippen molar-refractivity contribution in [3.63, 3.8) is 0 Å². The second-order valence-electron chi connectivity index (χ2n) is 4.87. The second-order valence-corrected chi connectivity index (χ2v) is 4.87. The third-order valence-corrected chi connectivity index (χ3v) is 3.27. The number of rotatable bonds is 8. The van der Waals surface area contributed by atoms with E-state index in [0.717, 1.165) is 6.07 Å². The van der Waals surface area contributed by atoms with Crippen LogP contribution in [0.3, 0.4) is 0 Å². The molecule has 1 heterocycles. The minimum Gasteiger partial charge on any atom is -0.490 e. The molecule has 0 spiro atoms. The second kappa shape index (κ2) is 8.23. The Bertz CT molecular complexity index is 808. The number of hydrogen-bond donors (Lipinski definition) is 1. The average molecular weight is 348 g/mol. The summed E-state index contributed by atoms with van der Waals surface area (Å²) in [6.45, 7) is 6.61. The molecule has 1 N–H and O–H groups in total. The standard InChI is InChI=1S/C18H20O7/c1-4-22-13-9-7-11(15(23-5-2)17(13)24-6-3)12-8-10-14(19)25-16(12)18(20)21/h7-10H,4-6H2,1-3H3,(H,20,21). The van der Waals surface area contributed by atoms with Crippen LogP contribution < -0.4 is 19.8 Å². The van der Waals surface area contributed by atoms with Crippen molar-refractivity contribution < 1.29 is 28.5 Å². The first-order chi connectivity index (χ1) is 12.0. The first kappa shape index (κ1) is 18.4. The lowest BCUT2D eigenvalue weighted by atomic mass is 10.0. The van der Waals surface area contributed by atoms with E-state index >= 15 is 0 Å². The van der Waals surface area contributed by atoms with E-state index < -0.39 is 17.4 Å². The lowest BCUT2D eigenvalue weighted by molar-refractivity contribution is 0.0658. The molecule has 2 aromatic rings. The lowest BCUT2D eigenvalue weighted by Gasteiger charge is -2.19. The molecule has 1 aromatic heterocycles. The predicted octanol–water partition coefficient (Wildman–Crippen LogP) is 3.20. The van der Waals surface area contributed by atoms with Crippen LogP contribution in [0.2, 0.25) is 0 Å². The van der Waals surface area contributed by atoms with Crippen molar-refractivity contribution >= 4 is 5.97 Å². The Hall–Kier alpha value is -2.96. The Kier molecular flexibility index (Phi) is 6.05. The van der Waals surface area contributed by atoms with Gasteiger partial charge in [-0.3, -0.25) is 0 Å². The van der Waals surface area contributed by atoms with Gasteiger partial charge in [0.15, 0.2) is 11.5 Å². The number of hydrogen-bond acceptors (Lipinski definition) is 6. The molecule has 0 radical (unpaired) electrons. The first-order valence-corrected chi connectivity index (χ1v) is 7.96. The maximum atomic E-state index is 11.5. The number of carbonyl (C=O) groups is 1. The lowest BCUT2D eigenvalue weighted by Crippen LogP contribution is -2.08. The van der Waals surface area contributed by atoms with E-state index in [1.54, 1.807) is 19.1 Å². The van der Waals surface area contributed by atoms with E-state index in [-0.39, 0.29) is 5.56 Å². The fourth-order valence-corrected chi connectivity index (χ4v) is 2.38. The summed E-state index contributed by atoms with van der Waals surface area (Å²) in [4.78, 5) is 22.9. The molecule has 0 saturated carbocycles. The van der Waals surface area contributed by atoms with Crippen molar-refractivity contribution in [2.24, 2.45) is 0 Å². The van der Waals surface area contributed by atoms with Gasteiger partial charge in [0.2, 0.25) is 11.5 Å². The van der Waals surface area contributed by atoms with Crippen LogP contribution in [0.4, 0.5) is 0 Å². The van der Waals surface area contributed by atoms with Gasteiger partial charge in [0, 0.05) is 17.2 Å². The molecule has 0 saturated heterocycles. The van der Waals surface area contributed by atoms with Gasteiger partial charge in [-0.2, -0.15) is 0 Å². The summed E-state index contributed by atoms with van der Waals surface area (Å²) < 4.78 is 21.8. The van der Waals surface area contributed by atoms with Gasteiger partial charge in [0.25, 0.3) is 0 Å². The number of aromatic carboxylic acids is 1. The molecule has 0 fully saturated rings. The van der Waals surface area contributed by atoms with Gasteiger partial charge in [-0.1, -0.05) is 0 Å². The monoisotopic (exact) mass is 348 g/mol. The molecular formula is C18H20O7. The number of ether oxygens (including phenoxy) is 3. The van der Waals surface area contributed by atoms with Crippen LogP contribution in [0.15, 0.2) is 33.5 Å². The largest absolute Gasteiger partial charge is 0.490 e. The molecule has 2 rings (SSSR count). The fourth-order valence-electron chi connectivity index (χ4n) is 2.38. The van der Waals surface area contributed by atoms with Crippen LogP contribution in [0, 0.1) is 0 Å². The molecule has 0 atom stereocenters. The smallest absolute Gasteiger partial charge is 0.372 e. The summed E-state index contributed by atoms with van der Waals surface area (Å²) >= 11 is 0. The minimum absolute atomic E-state index is 0.222. The van der Waals surface area contributed by atoms with Crippen LogP contribution in [0.5, 0.6) is 17.2 Å². The number of carboxylic acids is 1. The van der Waals surface area contributed by atoms with Crippen LogP contribution in [-0.2, 0) is 0 Å². The quantitative estimate of drug-likeness (QED) is 0.782. The molecule has 7 nitrogen and oxygen atoms in total. The van der Waals surface area contributed by atoms with E-state index in [9.17, 15) is 14.7 Å². The summed E-state index contributed by atoms with van der Waals surface area (Å²) in [7, 11) is 0. The van der Waals surface area contributed by atoms with Gasteiger partial charge >= 0.3 is 11.6 Å². The van der Waals surface area contributed by atoms with Crippen molar-refractivity contribution in [1.82, 2.24) is 0 Å². The Morgan fingerprint density at radius 1 is 0.920 bits per heavy atom. The van der Waals surface area contributed by atoms with Gasteiger partial charge in [-0.25, -0.2) is 9.59 Å². The van der Waals surface area contributed by atoms with E-state index in [0.29, 0.717) is 42.6 Å². The maximum Gasteiger partial charge on any atom is 0.372 e. The molecule has 0 aliphatic carbocycles. The fraction of sp³-hybridized carbons (Fsp3) is 0.333. The molecule has 0 amide bonds. The molecule has 0 aliphatic heterocycles. The third-order valence-electron chi connectivity index (χ3n) is 3.27. The summed E-state index contributed by atoms with van der Waals surface area (Å²) in [5.74, 6) is -0.592. The molecule has 0 bridgehead atoms. The van der Waals surface area contributed by atoms with Gasteiger partial charge in [-0.05, 0) is 39.0 Å². The topological polar surface area (TPSA) is 95.2 Å². The molecular weight excluding hydrogens is 328 g/mol. The van der Waals surface area contributed by atoms with E-state index in [1.807, 2.05) is 13.8 Å². The summed E-state index contributed by atoms with van der Waals surface area (Å²) in [5.41, 5.74) is -0.0791. The Labute approximate surface area is 144 Å². The molecule has 25 heavy (non-hydrogen) atoms. The van der Waals surface area contributed by atoms with Gasteiger partial charge < -0.3 is 23.7 Å². The van der Waals surface area contributed by atoms with Crippen molar-refractivity contribution in [2.75, 3.05) is 19.8 Å². The summed E-state index contributed by atoms with van der Waals surface area (Å²) in [6.07, 6.45) is 0. The van der Waals surface area contributed by atoms with Gasteiger partial charge in [-0.15, -0.1) is 0 Å². The molecule has 1 aromatic carbocycles. The van der Waals surface area contributed by atoms with Crippen molar-refractivity contribution in [2.45, 2.75) is 20.8 Å². The van der Waals surface area contributed by atoms with Crippen molar-refractivity contribution in [1.29, 1.82) is 0 Å². The zero-order valence-corrected chi connectivity index (χ0v) is 14.3. The van der Waals surface area contributed by atoms with Crippen LogP contribution >= 0.6 is 0 Å². The van der Waals surface area contributed by atoms with E-state index in [1.165, 1.54) is 6.07 Å². The first-order valence-electron chi connectivity index (χ1n) is 7.96. The molecule has 0 unspecified atom stereocenters. The Balaban J connectivity index is 2.75.